The second kappa shape index (κ2) is 9.26. The van der Waals surface area contributed by atoms with Crippen LogP contribution in [0.5, 0.6) is 11.5 Å². The van der Waals surface area contributed by atoms with Gasteiger partial charge in [-0.1, -0.05) is 36.4 Å². The van der Waals surface area contributed by atoms with Gasteiger partial charge in [0.2, 0.25) is 0 Å². The van der Waals surface area contributed by atoms with Gasteiger partial charge in [-0.2, -0.15) is 0 Å². The average molecular weight is 441 g/mol. The van der Waals surface area contributed by atoms with Crippen LogP contribution in [0.15, 0.2) is 82.7 Å². The molecule has 0 saturated carbocycles. The van der Waals surface area contributed by atoms with Crippen molar-refractivity contribution in [2.45, 2.75) is 4.90 Å². The molecule has 0 unspecified atom stereocenters. The van der Waals surface area contributed by atoms with Crippen LogP contribution in [0.2, 0.25) is 0 Å². The average Bonchev–Trinajstić information content (AvgIpc) is 2.79. The van der Waals surface area contributed by atoms with Crippen molar-refractivity contribution in [3.8, 4) is 11.5 Å². The zero-order chi connectivity index (χ0) is 22.4. The molecule has 0 aliphatic heterocycles. The van der Waals surface area contributed by atoms with Crippen LogP contribution < -0.4 is 13.8 Å². The predicted octanol–water partition coefficient (Wildman–Crippen LogP) is 4.17. The Morgan fingerprint density at radius 1 is 0.903 bits per heavy atom. The molecule has 0 atom stereocenters. The number of hydrogen-bond donors (Lipinski definition) is 0. The first-order valence-corrected chi connectivity index (χ1v) is 10.4. The van der Waals surface area contributed by atoms with E-state index in [1.54, 1.807) is 42.5 Å². The highest BCUT2D eigenvalue weighted by molar-refractivity contribution is 7.93. The first kappa shape index (κ1) is 21.8. The van der Waals surface area contributed by atoms with Crippen molar-refractivity contribution in [3.63, 3.8) is 0 Å². The molecule has 0 aliphatic carbocycles. The van der Waals surface area contributed by atoms with Crippen molar-refractivity contribution in [2.24, 2.45) is 4.99 Å². The highest BCUT2D eigenvalue weighted by atomic mass is 32.2. The SMILES string of the molecule is COc1ccccc1N=CN(c1ccccc1OC)S(=O)(=O)c1ccccc1[N+](=O)[O-]. The molecule has 0 aliphatic rings. The van der Waals surface area contributed by atoms with E-state index in [1.807, 2.05) is 0 Å². The number of nitro benzene ring substituents is 1. The van der Waals surface area contributed by atoms with Crippen LogP contribution in [-0.4, -0.2) is 33.9 Å². The van der Waals surface area contributed by atoms with E-state index in [9.17, 15) is 18.5 Å². The number of sulfonamides is 1. The molecule has 0 heterocycles. The highest BCUT2D eigenvalue weighted by Crippen LogP contribution is 2.35. The maximum atomic E-state index is 13.5. The number of rotatable bonds is 8. The van der Waals surface area contributed by atoms with Crippen LogP contribution in [0.25, 0.3) is 0 Å². The van der Waals surface area contributed by atoms with Crippen molar-refractivity contribution < 1.29 is 22.8 Å². The Labute approximate surface area is 179 Å². The summed E-state index contributed by atoms with van der Waals surface area (Å²) in [5.74, 6) is 0.679. The lowest BCUT2D eigenvalue weighted by Gasteiger charge is -2.21. The van der Waals surface area contributed by atoms with Crippen LogP contribution >= 0.6 is 0 Å². The molecular formula is C21H19N3O6S. The molecule has 160 valence electrons. The number of para-hydroxylation sites is 5. The van der Waals surface area contributed by atoms with Gasteiger partial charge >= 0.3 is 0 Å². The Hall–Kier alpha value is -3.92. The van der Waals surface area contributed by atoms with Crippen LogP contribution in [0.4, 0.5) is 17.1 Å². The summed E-state index contributed by atoms with van der Waals surface area (Å²) in [5.41, 5.74) is -0.0300. The van der Waals surface area contributed by atoms with Gasteiger partial charge in [-0.05, 0) is 30.3 Å². The monoisotopic (exact) mass is 441 g/mol. The second-order valence-corrected chi connectivity index (χ2v) is 7.90. The van der Waals surface area contributed by atoms with E-state index in [1.165, 1.54) is 38.5 Å². The van der Waals surface area contributed by atoms with E-state index in [-0.39, 0.29) is 11.4 Å². The minimum absolute atomic E-state index is 0.141. The molecule has 0 spiro atoms. The lowest BCUT2D eigenvalue weighted by atomic mass is 10.3. The van der Waals surface area contributed by atoms with E-state index >= 15 is 0 Å². The quantitative estimate of drug-likeness (QED) is 0.224. The number of anilines is 1. The summed E-state index contributed by atoms with van der Waals surface area (Å²) in [6.45, 7) is 0. The smallest absolute Gasteiger partial charge is 0.289 e. The van der Waals surface area contributed by atoms with Crippen LogP contribution in [-0.2, 0) is 10.0 Å². The van der Waals surface area contributed by atoms with Crippen molar-refractivity contribution in [3.05, 3.63) is 82.9 Å². The van der Waals surface area contributed by atoms with Gasteiger partial charge < -0.3 is 9.47 Å². The second-order valence-electron chi connectivity index (χ2n) is 6.11. The summed E-state index contributed by atoms with van der Waals surface area (Å²) in [7, 11) is -1.57. The van der Waals surface area contributed by atoms with Crippen molar-refractivity contribution in [1.82, 2.24) is 0 Å². The number of ether oxygens (including phenoxy) is 2. The fourth-order valence-electron chi connectivity index (χ4n) is 2.85. The van der Waals surface area contributed by atoms with Crippen molar-refractivity contribution >= 4 is 33.4 Å². The number of nitro groups is 1. The maximum Gasteiger partial charge on any atom is 0.289 e. The van der Waals surface area contributed by atoms with Crippen LogP contribution in [0.3, 0.4) is 0 Å². The summed E-state index contributed by atoms with van der Waals surface area (Å²) in [6.07, 6.45) is 1.07. The van der Waals surface area contributed by atoms with Crippen molar-refractivity contribution in [2.75, 3.05) is 18.5 Å². The molecule has 0 saturated heterocycles. The van der Waals surface area contributed by atoms with Gasteiger partial charge in [0.05, 0.1) is 19.1 Å². The number of nitrogens with zero attached hydrogens (tertiary/aromatic N) is 3. The van der Waals surface area contributed by atoms with E-state index < -0.39 is 25.5 Å². The molecule has 0 bridgehead atoms. The molecule has 0 radical (unpaired) electrons. The Morgan fingerprint density at radius 2 is 1.48 bits per heavy atom. The lowest BCUT2D eigenvalue weighted by molar-refractivity contribution is -0.387. The third kappa shape index (κ3) is 4.48. The molecule has 10 heteroatoms. The summed E-state index contributed by atoms with van der Waals surface area (Å²) in [5, 5.41) is 11.5. The van der Waals surface area contributed by atoms with Crippen LogP contribution in [0.1, 0.15) is 0 Å². The fraction of sp³-hybridized carbons (Fsp3) is 0.0952. The van der Waals surface area contributed by atoms with Crippen LogP contribution in [0, 0.1) is 10.1 Å². The summed E-state index contributed by atoms with van der Waals surface area (Å²) in [6, 6.07) is 18.3. The number of hydrogen-bond acceptors (Lipinski definition) is 7. The maximum absolute atomic E-state index is 13.5. The van der Waals surface area contributed by atoms with Gasteiger partial charge in [-0.25, -0.2) is 17.7 Å². The third-order valence-corrected chi connectivity index (χ3v) is 6.02. The Kier molecular flexibility index (Phi) is 6.51. The highest BCUT2D eigenvalue weighted by Gasteiger charge is 2.32. The molecule has 0 fully saturated rings. The Balaban J connectivity index is 2.22. The van der Waals surface area contributed by atoms with E-state index in [0.717, 1.165) is 16.7 Å². The molecule has 3 rings (SSSR count). The predicted molar refractivity (Wildman–Crippen MR) is 117 cm³/mol. The largest absolute Gasteiger partial charge is 0.495 e. The summed E-state index contributed by atoms with van der Waals surface area (Å²) < 4.78 is 38.5. The van der Waals surface area contributed by atoms with Gasteiger partial charge in [0, 0.05) is 6.07 Å². The fourth-order valence-corrected chi connectivity index (χ4v) is 4.30. The summed E-state index contributed by atoms with van der Waals surface area (Å²) in [4.78, 5) is 14.5. The minimum Gasteiger partial charge on any atom is -0.495 e. The van der Waals surface area contributed by atoms with Gasteiger partial charge in [0.1, 0.15) is 29.2 Å². The molecule has 0 N–H and O–H groups in total. The van der Waals surface area contributed by atoms with Gasteiger partial charge in [-0.15, -0.1) is 0 Å². The first-order valence-electron chi connectivity index (χ1n) is 8.98. The molecule has 0 aromatic heterocycles. The third-order valence-electron chi connectivity index (χ3n) is 4.31. The molecule has 9 nitrogen and oxygen atoms in total. The topological polar surface area (TPSA) is 111 Å². The number of methoxy groups -OCH3 is 2. The first-order chi connectivity index (χ1) is 14.9. The summed E-state index contributed by atoms with van der Waals surface area (Å²) >= 11 is 0. The lowest BCUT2D eigenvalue weighted by Crippen LogP contribution is -2.30. The van der Waals surface area contributed by atoms with Gasteiger partial charge in [0.25, 0.3) is 15.7 Å². The Morgan fingerprint density at radius 3 is 2.16 bits per heavy atom. The Bertz CT molecular complexity index is 1230. The van der Waals surface area contributed by atoms with E-state index in [4.69, 9.17) is 9.47 Å². The van der Waals surface area contributed by atoms with Gasteiger partial charge in [-0.3, -0.25) is 10.1 Å². The molecule has 0 amide bonds. The van der Waals surface area contributed by atoms with E-state index in [2.05, 4.69) is 4.99 Å². The van der Waals surface area contributed by atoms with E-state index in [0.29, 0.717) is 11.4 Å². The standard InChI is InChI=1S/C21H19N3O6S/c1-29-19-12-6-3-9-16(19)22-15-23(17-10-4-7-13-20(17)30-2)31(27,28)21-14-8-5-11-18(21)24(25)26/h3-15H,1-2H3. The van der Waals surface area contributed by atoms with Crippen molar-refractivity contribution in [1.29, 1.82) is 0 Å². The molecular weight excluding hydrogens is 422 g/mol. The zero-order valence-corrected chi connectivity index (χ0v) is 17.5. The number of benzene rings is 3. The molecule has 31 heavy (non-hydrogen) atoms. The number of aliphatic imine (C=N–C) groups is 1. The van der Waals surface area contributed by atoms with Gasteiger partial charge in [0.15, 0.2) is 4.90 Å². The molecule has 3 aromatic rings. The molecule has 3 aromatic carbocycles. The normalized spacial score (nSPS) is 11.3. The zero-order valence-electron chi connectivity index (χ0n) is 16.7. The minimum atomic E-state index is -4.43.